The first kappa shape index (κ1) is 23.4. The van der Waals surface area contributed by atoms with Crippen LogP contribution in [-0.2, 0) is 11.8 Å². The number of nitrogens with one attached hydrogen (secondary N) is 1. The fourth-order valence-electron chi connectivity index (χ4n) is 4.55. The monoisotopic (exact) mass is 460 g/mol. The number of aliphatic imine (C=N–C) groups is 1. The third kappa shape index (κ3) is 4.14. The first-order chi connectivity index (χ1) is 16.2. The van der Waals surface area contributed by atoms with Gasteiger partial charge in [-0.1, -0.05) is 0 Å². The molecular formula is C25H32N8O. The minimum Gasteiger partial charge on any atom is -0.398 e. The molecule has 0 aliphatic carbocycles. The van der Waals surface area contributed by atoms with E-state index < -0.39 is 11.8 Å². The predicted molar refractivity (Wildman–Crippen MR) is 139 cm³/mol. The number of amides is 1. The van der Waals surface area contributed by atoms with Gasteiger partial charge in [0.1, 0.15) is 5.82 Å². The van der Waals surface area contributed by atoms with Crippen molar-refractivity contribution in [3.63, 3.8) is 0 Å². The lowest BCUT2D eigenvalue weighted by Gasteiger charge is -2.33. The standard InChI is InChI=1S/C25H32N8O/c1-15(25(28)34)24-23(22-18(14-26)19(27)5-6-20(22)32(24)4)30-16(2)17-7-8-29-21(13-17)33-11-9-31(3)10-12-33/h5-8,13-15,26H,9-12,27H2,1-4H3,(H2,28,34). The summed E-state index contributed by atoms with van der Waals surface area (Å²) in [6.07, 6.45) is 3.04. The maximum atomic E-state index is 12.2. The SMILES string of the molecule is CC(=Nc1c(C(C)C(N)=O)n(C)c2ccc(N)c(C=N)c12)c1ccnc(N2CCN(C)CC2)c1. The topological polar surface area (TPSA) is 130 Å². The number of pyridine rings is 1. The number of nitrogen functional groups attached to an aromatic ring is 1. The molecule has 1 unspecified atom stereocenters. The maximum absolute atomic E-state index is 12.2. The number of hydrogen-bond donors (Lipinski definition) is 3. The largest absolute Gasteiger partial charge is 0.398 e. The third-order valence-corrected chi connectivity index (χ3v) is 6.71. The molecule has 1 aromatic carbocycles. The summed E-state index contributed by atoms with van der Waals surface area (Å²) in [6.45, 7) is 7.56. The molecule has 0 spiro atoms. The van der Waals surface area contributed by atoms with Crippen molar-refractivity contribution in [2.45, 2.75) is 19.8 Å². The summed E-state index contributed by atoms with van der Waals surface area (Å²) >= 11 is 0. The number of piperazine rings is 1. The highest BCUT2D eigenvalue weighted by Gasteiger charge is 2.26. The van der Waals surface area contributed by atoms with Crippen molar-refractivity contribution >= 4 is 45.9 Å². The lowest BCUT2D eigenvalue weighted by molar-refractivity contribution is -0.119. The minimum atomic E-state index is -0.568. The molecule has 9 heteroatoms. The van der Waals surface area contributed by atoms with Crippen LogP contribution >= 0.6 is 0 Å². The van der Waals surface area contributed by atoms with Crippen LogP contribution in [0, 0.1) is 5.41 Å². The Balaban J connectivity index is 1.86. The molecule has 1 aliphatic rings. The van der Waals surface area contributed by atoms with Crippen LogP contribution < -0.4 is 16.4 Å². The van der Waals surface area contributed by atoms with Crippen LogP contribution in [0.1, 0.15) is 36.6 Å². The molecular weight excluding hydrogens is 428 g/mol. The Morgan fingerprint density at radius 2 is 1.91 bits per heavy atom. The smallest absolute Gasteiger partial charge is 0.226 e. The van der Waals surface area contributed by atoms with Crippen molar-refractivity contribution in [1.82, 2.24) is 14.5 Å². The number of fused-ring (bicyclic) bond motifs is 1. The number of carbonyl (C=O) groups is 1. The fourth-order valence-corrected chi connectivity index (χ4v) is 4.55. The highest BCUT2D eigenvalue weighted by molar-refractivity contribution is 6.12. The fraction of sp³-hybridized carbons (Fsp3) is 0.360. The van der Waals surface area contributed by atoms with Crippen molar-refractivity contribution in [2.75, 3.05) is 43.9 Å². The molecule has 1 atom stereocenters. The van der Waals surface area contributed by atoms with Crippen LogP contribution in [0.15, 0.2) is 35.5 Å². The van der Waals surface area contributed by atoms with Gasteiger partial charge >= 0.3 is 0 Å². The Morgan fingerprint density at radius 1 is 1.21 bits per heavy atom. The molecule has 1 amide bonds. The molecule has 4 rings (SSSR count). The summed E-state index contributed by atoms with van der Waals surface area (Å²) in [5, 5.41) is 8.71. The first-order valence-corrected chi connectivity index (χ1v) is 11.4. The predicted octanol–water partition coefficient (Wildman–Crippen LogP) is 2.63. The van der Waals surface area contributed by atoms with Gasteiger partial charge in [-0.3, -0.25) is 9.79 Å². The Hall–Kier alpha value is -3.72. The van der Waals surface area contributed by atoms with E-state index in [1.165, 1.54) is 6.21 Å². The minimum absolute atomic E-state index is 0.439. The van der Waals surface area contributed by atoms with E-state index in [1.807, 2.05) is 30.7 Å². The van der Waals surface area contributed by atoms with E-state index in [9.17, 15) is 4.79 Å². The Morgan fingerprint density at radius 3 is 2.56 bits per heavy atom. The molecule has 3 aromatic rings. The van der Waals surface area contributed by atoms with E-state index in [0.29, 0.717) is 22.6 Å². The molecule has 0 saturated carbocycles. The summed E-state index contributed by atoms with van der Waals surface area (Å²) in [4.78, 5) is 26.3. The van der Waals surface area contributed by atoms with Gasteiger partial charge in [-0.25, -0.2) is 4.98 Å². The molecule has 3 heterocycles. The molecule has 0 bridgehead atoms. The molecule has 178 valence electrons. The number of aromatic nitrogens is 2. The van der Waals surface area contributed by atoms with E-state index >= 15 is 0 Å². The normalized spacial score (nSPS) is 16.1. The average molecular weight is 461 g/mol. The van der Waals surface area contributed by atoms with Crippen LogP contribution in [-0.4, -0.2) is 65.5 Å². The van der Waals surface area contributed by atoms with Crippen molar-refractivity contribution in [3.8, 4) is 0 Å². The van der Waals surface area contributed by atoms with E-state index in [1.54, 1.807) is 19.2 Å². The highest BCUT2D eigenvalue weighted by atomic mass is 16.1. The quantitative estimate of drug-likeness (QED) is 0.385. The van der Waals surface area contributed by atoms with Crippen LogP contribution in [0.5, 0.6) is 0 Å². The van der Waals surface area contributed by atoms with Gasteiger partial charge in [0.15, 0.2) is 0 Å². The lowest BCUT2D eigenvalue weighted by atomic mass is 10.0. The van der Waals surface area contributed by atoms with Gasteiger partial charge in [0.05, 0.1) is 22.8 Å². The second-order valence-electron chi connectivity index (χ2n) is 8.91. The number of aryl methyl sites for hydroxylation is 1. The Kier molecular flexibility index (Phi) is 6.39. The second kappa shape index (κ2) is 9.26. The van der Waals surface area contributed by atoms with Crippen LogP contribution in [0.3, 0.4) is 0 Å². The van der Waals surface area contributed by atoms with Crippen molar-refractivity contribution in [3.05, 3.63) is 47.3 Å². The van der Waals surface area contributed by atoms with E-state index in [2.05, 4.69) is 27.9 Å². The zero-order valence-electron chi connectivity index (χ0n) is 20.2. The summed E-state index contributed by atoms with van der Waals surface area (Å²) < 4.78 is 1.92. The number of rotatable bonds is 6. The molecule has 2 aromatic heterocycles. The molecule has 5 N–H and O–H groups in total. The number of carbonyl (C=O) groups excluding carboxylic acids is 1. The van der Waals surface area contributed by atoms with Crippen molar-refractivity contribution in [1.29, 1.82) is 5.41 Å². The zero-order chi connectivity index (χ0) is 24.6. The van der Waals surface area contributed by atoms with Gasteiger partial charge in [-0.05, 0) is 45.2 Å². The highest BCUT2D eigenvalue weighted by Crippen LogP contribution is 2.40. The number of anilines is 2. The van der Waals surface area contributed by atoms with Gasteiger partial charge < -0.3 is 31.2 Å². The number of nitrogens with two attached hydrogens (primary N) is 2. The van der Waals surface area contributed by atoms with Gasteiger partial charge in [0.25, 0.3) is 0 Å². The molecule has 1 saturated heterocycles. The summed E-state index contributed by atoms with van der Waals surface area (Å²) in [5.41, 5.74) is 16.8. The van der Waals surface area contributed by atoms with Gasteiger partial charge in [0.2, 0.25) is 5.91 Å². The summed E-state index contributed by atoms with van der Waals surface area (Å²) in [6, 6.07) is 7.65. The molecule has 9 nitrogen and oxygen atoms in total. The number of benzene rings is 1. The summed E-state index contributed by atoms with van der Waals surface area (Å²) in [7, 11) is 4.01. The third-order valence-electron chi connectivity index (χ3n) is 6.71. The van der Waals surface area contributed by atoms with Gasteiger partial charge in [-0.2, -0.15) is 0 Å². The van der Waals surface area contributed by atoms with Crippen molar-refractivity contribution < 1.29 is 4.79 Å². The van der Waals surface area contributed by atoms with Crippen LogP contribution in [0.4, 0.5) is 17.2 Å². The number of primary amides is 1. The van der Waals surface area contributed by atoms with Crippen LogP contribution in [0.25, 0.3) is 10.9 Å². The first-order valence-electron chi connectivity index (χ1n) is 11.4. The molecule has 0 radical (unpaired) electrons. The average Bonchev–Trinajstić information content (AvgIpc) is 3.10. The zero-order valence-corrected chi connectivity index (χ0v) is 20.2. The summed E-state index contributed by atoms with van der Waals surface area (Å²) in [5.74, 6) is -0.0824. The molecule has 34 heavy (non-hydrogen) atoms. The van der Waals surface area contributed by atoms with Gasteiger partial charge in [-0.15, -0.1) is 0 Å². The Labute approximate surface area is 199 Å². The molecule has 1 fully saturated rings. The van der Waals surface area contributed by atoms with Gasteiger partial charge in [0, 0.05) is 73.6 Å². The Bertz CT molecular complexity index is 1280. The van der Waals surface area contributed by atoms with E-state index in [0.717, 1.165) is 54.2 Å². The van der Waals surface area contributed by atoms with Crippen molar-refractivity contribution in [2.24, 2.45) is 17.8 Å². The van der Waals surface area contributed by atoms with E-state index in [-0.39, 0.29) is 0 Å². The molecule has 1 aliphatic heterocycles. The van der Waals surface area contributed by atoms with Crippen LogP contribution in [0.2, 0.25) is 0 Å². The second-order valence-corrected chi connectivity index (χ2v) is 8.91. The number of nitrogens with zero attached hydrogens (tertiary/aromatic N) is 5. The van der Waals surface area contributed by atoms with E-state index in [4.69, 9.17) is 21.9 Å². The number of hydrogen-bond acceptors (Lipinski definition) is 7. The lowest BCUT2D eigenvalue weighted by Crippen LogP contribution is -2.44. The number of likely N-dealkylation sites (N-methyl/N-ethyl adjacent to an activating group) is 1. The maximum Gasteiger partial charge on any atom is 0.226 e.